The number of aromatic nitrogens is 2. The Morgan fingerprint density at radius 2 is 2.15 bits per heavy atom. The minimum absolute atomic E-state index is 0.0706. The maximum Gasteiger partial charge on any atom is 0.261 e. The van der Waals surface area contributed by atoms with Crippen molar-refractivity contribution in [3.05, 3.63) is 45.3 Å². The first-order valence-corrected chi connectivity index (χ1v) is 6.51. The average molecular weight is 361 g/mol. The molecule has 1 aromatic heterocycles. The van der Waals surface area contributed by atoms with Crippen molar-refractivity contribution in [1.29, 1.82) is 0 Å². The monoisotopic (exact) mass is 359 g/mol. The number of carbonyl (C=O) groups excluding carboxylic acids is 1. The second-order valence-electron chi connectivity index (χ2n) is 3.63. The lowest BCUT2D eigenvalue weighted by molar-refractivity contribution is 0.102. The molecule has 0 radical (unpaired) electrons. The highest BCUT2D eigenvalue weighted by Crippen LogP contribution is 2.19. The van der Waals surface area contributed by atoms with Crippen LogP contribution in [-0.2, 0) is 0 Å². The van der Waals surface area contributed by atoms with Crippen molar-refractivity contribution in [2.75, 3.05) is 12.4 Å². The molecule has 104 valence electrons. The van der Waals surface area contributed by atoms with E-state index in [1.54, 1.807) is 0 Å². The normalized spacial score (nSPS) is 10.2. The average Bonchev–Trinajstić information content (AvgIpc) is 2.40. The van der Waals surface area contributed by atoms with Crippen LogP contribution in [0.2, 0.25) is 5.15 Å². The van der Waals surface area contributed by atoms with E-state index >= 15 is 0 Å². The third-order valence-electron chi connectivity index (χ3n) is 2.28. The maximum absolute atomic E-state index is 13.6. The zero-order valence-corrected chi connectivity index (χ0v) is 12.5. The number of amides is 1. The van der Waals surface area contributed by atoms with E-state index in [9.17, 15) is 9.18 Å². The van der Waals surface area contributed by atoms with Crippen molar-refractivity contribution in [3.8, 4) is 5.88 Å². The van der Waals surface area contributed by atoms with Crippen LogP contribution in [-0.4, -0.2) is 23.0 Å². The highest BCUT2D eigenvalue weighted by atomic mass is 79.9. The molecule has 0 spiro atoms. The Labute approximate surface area is 127 Å². The lowest BCUT2D eigenvalue weighted by Gasteiger charge is -2.07. The Morgan fingerprint density at radius 1 is 1.40 bits per heavy atom. The summed E-state index contributed by atoms with van der Waals surface area (Å²) in [6.45, 7) is 0. The Bertz CT molecular complexity index is 669. The predicted octanol–water partition coefficient (Wildman–Crippen LogP) is 3.29. The number of anilines is 1. The second-order valence-corrected chi connectivity index (χ2v) is 4.94. The van der Waals surface area contributed by atoms with Gasteiger partial charge in [0.15, 0.2) is 0 Å². The number of methoxy groups -OCH3 is 1. The van der Waals surface area contributed by atoms with Gasteiger partial charge in [-0.15, -0.1) is 0 Å². The third kappa shape index (κ3) is 3.43. The van der Waals surface area contributed by atoms with E-state index in [2.05, 4.69) is 31.2 Å². The lowest BCUT2D eigenvalue weighted by Crippen LogP contribution is -2.16. The summed E-state index contributed by atoms with van der Waals surface area (Å²) in [7, 11) is 1.40. The zero-order valence-electron chi connectivity index (χ0n) is 10.2. The summed E-state index contributed by atoms with van der Waals surface area (Å²) >= 11 is 8.92. The molecular weight excluding hydrogens is 353 g/mol. The Kier molecular flexibility index (Phi) is 4.51. The molecular formula is C12H8BrClFN3O2. The van der Waals surface area contributed by atoms with Gasteiger partial charge in [-0.05, 0) is 18.2 Å². The first-order valence-electron chi connectivity index (χ1n) is 5.34. The number of hydrogen-bond donors (Lipinski definition) is 1. The number of nitrogens with one attached hydrogen (secondary N) is 1. The molecule has 5 nitrogen and oxygen atoms in total. The molecule has 1 N–H and O–H groups in total. The standard InChI is InChI=1S/C12H8BrClFN3O2/c1-20-10-5-9(14)16-12(17-10)18-11(19)7-4-6(13)2-3-8(7)15/h2-5H,1H3,(H,16,17,18,19). The van der Waals surface area contributed by atoms with Gasteiger partial charge < -0.3 is 4.74 Å². The number of rotatable bonds is 3. The van der Waals surface area contributed by atoms with E-state index in [0.29, 0.717) is 4.47 Å². The van der Waals surface area contributed by atoms with Crippen LogP contribution in [0.15, 0.2) is 28.7 Å². The maximum atomic E-state index is 13.6. The highest BCUT2D eigenvalue weighted by Gasteiger charge is 2.14. The van der Waals surface area contributed by atoms with Gasteiger partial charge >= 0.3 is 0 Å². The minimum Gasteiger partial charge on any atom is -0.481 e. The summed E-state index contributed by atoms with van der Waals surface area (Å²) in [5, 5.41) is 2.45. The van der Waals surface area contributed by atoms with E-state index in [1.807, 2.05) is 0 Å². The fourth-order valence-corrected chi connectivity index (χ4v) is 1.93. The molecule has 1 amide bonds. The summed E-state index contributed by atoms with van der Waals surface area (Å²) in [5.74, 6) is -1.22. The largest absolute Gasteiger partial charge is 0.481 e. The molecule has 1 heterocycles. The molecule has 0 aliphatic rings. The van der Waals surface area contributed by atoms with E-state index in [0.717, 1.165) is 0 Å². The van der Waals surface area contributed by atoms with Gasteiger partial charge in [-0.25, -0.2) is 9.37 Å². The van der Waals surface area contributed by atoms with Crippen LogP contribution in [0.25, 0.3) is 0 Å². The van der Waals surface area contributed by atoms with Gasteiger partial charge in [0.25, 0.3) is 5.91 Å². The second kappa shape index (κ2) is 6.15. The molecule has 8 heteroatoms. The Hall–Kier alpha value is -1.73. The topological polar surface area (TPSA) is 64.1 Å². The van der Waals surface area contributed by atoms with Gasteiger partial charge in [0, 0.05) is 10.5 Å². The molecule has 0 atom stereocenters. The molecule has 0 bridgehead atoms. The lowest BCUT2D eigenvalue weighted by atomic mass is 10.2. The van der Waals surface area contributed by atoms with Crippen LogP contribution in [0.4, 0.5) is 10.3 Å². The summed E-state index contributed by atoms with van der Waals surface area (Å²) in [4.78, 5) is 19.7. The summed E-state index contributed by atoms with van der Waals surface area (Å²) in [5.41, 5.74) is -0.137. The van der Waals surface area contributed by atoms with Gasteiger partial charge in [0.2, 0.25) is 11.8 Å². The van der Waals surface area contributed by atoms with Crippen molar-refractivity contribution in [2.45, 2.75) is 0 Å². The summed E-state index contributed by atoms with van der Waals surface area (Å²) in [6.07, 6.45) is 0. The van der Waals surface area contributed by atoms with Crippen LogP contribution in [0.5, 0.6) is 5.88 Å². The van der Waals surface area contributed by atoms with Crippen molar-refractivity contribution in [1.82, 2.24) is 9.97 Å². The SMILES string of the molecule is COc1cc(Cl)nc(NC(=O)c2cc(Br)ccc2F)n1. The summed E-state index contributed by atoms with van der Waals surface area (Å²) in [6, 6.07) is 5.41. The van der Waals surface area contributed by atoms with Crippen molar-refractivity contribution >= 4 is 39.4 Å². The first-order chi connectivity index (χ1) is 9.49. The van der Waals surface area contributed by atoms with Crippen LogP contribution in [0, 0.1) is 5.82 Å². The van der Waals surface area contributed by atoms with Crippen LogP contribution in [0.1, 0.15) is 10.4 Å². The van der Waals surface area contributed by atoms with Gasteiger partial charge in [-0.2, -0.15) is 4.98 Å². The highest BCUT2D eigenvalue weighted by molar-refractivity contribution is 9.10. The number of halogens is 3. The quantitative estimate of drug-likeness (QED) is 0.853. The molecule has 0 aliphatic carbocycles. The molecule has 20 heavy (non-hydrogen) atoms. The van der Waals surface area contributed by atoms with Crippen molar-refractivity contribution < 1.29 is 13.9 Å². The number of carbonyl (C=O) groups is 1. The van der Waals surface area contributed by atoms with Crippen molar-refractivity contribution in [2.24, 2.45) is 0 Å². The molecule has 0 saturated carbocycles. The van der Waals surface area contributed by atoms with Crippen LogP contribution < -0.4 is 10.1 Å². The van der Waals surface area contributed by atoms with E-state index in [4.69, 9.17) is 16.3 Å². The summed E-state index contributed by atoms with van der Waals surface area (Å²) < 4.78 is 19.0. The van der Waals surface area contributed by atoms with Crippen LogP contribution in [0.3, 0.4) is 0 Å². The molecule has 2 aromatic rings. The van der Waals surface area contributed by atoms with E-state index < -0.39 is 11.7 Å². The first kappa shape index (κ1) is 14.7. The van der Waals surface area contributed by atoms with Gasteiger partial charge in [0.05, 0.1) is 12.7 Å². The minimum atomic E-state index is -0.687. The fraction of sp³-hybridized carbons (Fsp3) is 0.0833. The smallest absolute Gasteiger partial charge is 0.261 e. The zero-order chi connectivity index (χ0) is 14.7. The molecule has 0 unspecified atom stereocenters. The predicted molar refractivity (Wildman–Crippen MR) is 75.6 cm³/mol. The number of nitrogens with zero attached hydrogens (tertiary/aromatic N) is 2. The Morgan fingerprint density at radius 3 is 2.85 bits per heavy atom. The third-order valence-corrected chi connectivity index (χ3v) is 2.97. The van der Waals surface area contributed by atoms with Gasteiger partial charge in [0.1, 0.15) is 11.0 Å². The molecule has 0 saturated heterocycles. The molecule has 1 aromatic carbocycles. The molecule has 2 rings (SSSR count). The van der Waals surface area contributed by atoms with E-state index in [1.165, 1.54) is 31.4 Å². The van der Waals surface area contributed by atoms with Crippen LogP contribution >= 0.6 is 27.5 Å². The Balaban J connectivity index is 2.27. The van der Waals surface area contributed by atoms with E-state index in [-0.39, 0.29) is 22.5 Å². The number of ether oxygens (including phenoxy) is 1. The number of hydrogen-bond acceptors (Lipinski definition) is 4. The molecule has 0 aliphatic heterocycles. The van der Waals surface area contributed by atoms with Gasteiger partial charge in [-0.3, -0.25) is 10.1 Å². The van der Waals surface area contributed by atoms with Crippen molar-refractivity contribution in [3.63, 3.8) is 0 Å². The number of benzene rings is 1. The molecule has 0 fully saturated rings. The fourth-order valence-electron chi connectivity index (χ4n) is 1.40. The van der Waals surface area contributed by atoms with Gasteiger partial charge in [-0.1, -0.05) is 27.5 Å².